The van der Waals surface area contributed by atoms with Crippen LogP contribution in [0.25, 0.3) is 0 Å². The number of hydrogen-bond donors (Lipinski definition) is 0. The fourth-order valence-corrected chi connectivity index (χ4v) is 7.50. The minimum absolute atomic E-state index is 0.0500. The smallest absolute Gasteiger partial charge is 0.274 e. The summed E-state index contributed by atoms with van der Waals surface area (Å²) in [6.07, 6.45) is 0. The topological polar surface area (TPSA) is 85.3 Å². The van der Waals surface area contributed by atoms with Crippen molar-refractivity contribution in [3.63, 3.8) is 0 Å². The van der Waals surface area contributed by atoms with Crippen molar-refractivity contribution in [3.05, 3.63) is 60.2 Å². The zero-order chi connectivity index (χ0) is 21.1. The van der Waals surface area contributed by atoms with Crippen LogP contribution in [0.15, 0.2) is 59.6 Å². The van der Waals surface area contributed by atoms with E-state index in [0.29, 0.717) is 17.5 Å². The number of carbonyl (C=O) groups is 1. The normalized spacial score (nSPS) is 23.5. The molecule has 0 spiro atoms. The number of anilines is 1. The lowest BCUT2D eigenvalue weighted by Gasteiger charge is -2.24. The molecular formula is C21H22N2O5S2. The lowest BCUT2D eigenvalue weighted by atomic mass is 10.2. The Morgan fingerprint density at radius 1 is 1.13 bits per heavy atom. The van der Waals surface area contributed by atoms with Gasteiger partial charge in [-0.1, -0.05) is 42.1 Å². The molecule has 1 amide bonds. The van der Waals surface area contributed by atoms with Crippen LogP contribution in [-0.2, 0) is 26.0 Å². The third-order valence-electron chi connectivity index (χ3n) is 4.92. The summed E-state index contributed by atoms with van der Waals surface area (Å²) in [5.41, 5.74) is 1.85. The van der Waals surface area contributed by atoms with E-state index in [1.54, 1.807) is 0 Å². The molecule has 0 bridgehead atoms. The molecule has 0 N–H and O–H groups in total. The van der Waals surface area contributed by atoms with Crippen LogP contribution >= 0.6 is 11.8 Å². The highest BCUT2D eigenvalue weighted by atomic mass is 32.2. The number of amides is 1. The molecule has 0 aromatic heterocycles. The molecule has 4 rings (SSSR count). The van der Waals surface area contributed by atoms with Crippen molar-refractivity contribution in [2.45, 2.75) is 17.9 Å². The number of benzene rings is 2. The second kappa shape index (κ2) is 8.79. The van der Waals surface area contributed by atoms with Crippen molar-refractivity contribution < 1.29 is 22.7 Å². The van der Waals surface area contributed by atoms with Crippen LogP contribution in [-0.4, -0.2) is 56.0 Å². The minimum Gasteiger partial charge on any atom is -0.489 e. The Hall–Kier alpha value is -2.36. The Morgan fingerprint density at radius 2 is 1.87 bits per heavy atom. The fraction of sp³-hybridized carbons (Fsp3) is 0.333. The first kappa shape index (κ1) is 20.9. The number of thioether (sulfide) groups is 1. The van der Waals surface area contributed by atoms with E-state index in [9.17, 15) is 13.2 Å². The lowest BCUT2D eigenvalue weighted by Crippen LogP contribution is -2.37. The largest absolute Gasteiger partial charge is 0.489 e. The molecule has 0 radical (unpaired) electrons. The predicted octanol–water partition coefficient (Wildman–Crippen LogP) is 2.51. The van der Waals surface area contributed by atoms with Crippen molar-refractivity contribution in [3.8, 4) is 5.75 Å². The molecule has 2 atom stereocenters. The molecule has 2 aromatic carbocycles. The molecule has 30 heavy (non-hydrogen) atoms. The molecule has 2 aliphatic heterocycles. The first-order valence-electron chi connectivity index (χ1n) is 9.49. The summed E-state index contributed by atoms with van der Waals surface area (Å²) in [7, 11) is -1.67. The van der Waals surface area contributed by atoms with Crippen LogP contribution in [0, 0.1) is 0 Å². The highest BCUT2D eigenvalue weighted by Crippen LogP contribution is 2.41. The number of sulfone groups is 1. The quantitative estimate of drug-likeness (QED) is 0.674. The predicted molar refractivity (Wildman–Crippen MR) is 118 cm³/mol. The van der Waals surface area contributed by atoms with Crippen LogP contribution < -0.4 is 9.64 Å². The molecule has 0 aliphatic carbocycles. The zero-order valence-electron chi connectivity index (χ0n) is 16.4. The molecule has 7 nitrogen and oxygen atoms in total. The maximum absolute atomic E-state index is 12.1. The summed E-state index contributed by atoms with van der Waals surface area (Å²) in [4.78, 5) is 18.0. The molecule has 158 valence electrons. The Morgan fingerprint density at radius 3 is 2.57 bits per heavy atom. The van der Waals surface area contributed by atoms with Crippen molar-refractivity contribution >= 4 is 38.4 Å². The molecule has 2 aromatic rings. The molecule has 2 fully saturated rings. The molecule has 2 heterocycles. The van der Waals surface area contributed by atoms with Crippen molar-refractivity contribution in [1.29, 1.82) is 0 Å². The van der Waals surface area contributed by atoms with Gasteiger partial charge in [-0.3, -0.25) is 4.79 Å². The van der Waals surface area contributed by atoms with Gasteiger partial charge in [-0.05, 0) is 29.8 Å². The number of nitrogens with zero attached hydrogens (tertiary/aromatic N) is 2. The summed E-state index contributed by atoms with van der Waals surface area (Å²) < 4.78 is 35.0. The van der Waals surface area contributed by atoms with E-state index >= 15 is 0 Å². The van der Waals surface area contributed by atoms with E-state index < -0.39 is 15.7 Å². The summed E-state index contributed by atoms with van der Waals surface area (Å²) in [6.45, 7) is 0.346. The van der Waals surface area contributed by atoms with Crippen LogP contribution in [0.4, 0.5) is 5.69 Å². The summed E-state index contributed by atoms with van der Waals surface area (Å²) in [6, 6.07) is 17.0. The van der Waals surface area contributed by atoms with Gasteiger partial charge >= 0.3 is 0 Å². The molecule has 9 heteroatoms. The number of amidine groups is 1. The van der Waals surface area contributed by atoms with E-state index in [4.69, 9.17) is 9.47 Å². The van der Waals surface area contributed by atoms with Crippen molar-refractivity contribution in [2.24, 2.45) is 4.99 Å². The van der Waals surface area contributed by atoms with Gasteiger partial charge in [0.15, 0.2) is 15.0 Å². The number of carbonyl (C=O) groups excluding carboxylic acids is 1. The first-order valence-corrected chi connectivity index (χ1v) is 12.2. The average Bonchev–Trinajstić information content (AvgIpc) is 3.18. The highest BCUT2D eigenvalue weighted by Gasteiger charge is 2.49. The zero-order valence-corrected chi connectivity index (χ0v) is 18.1. The summed E-state index contributed by atoms with van der Waals surface area (Å²) in [5.74, 6) is 0.456. The van der Waals surface area contributed by atoms with Crippen molar-refractivity contribution in [1.82, 2.24) is 0 Å². The van der Waals surface area contributed by atoms with E-state index in [-0.39, 0.29) is 29.4 Å². The number of aliphatic imine (C=N–C) groups is 1. The Labute approximate surface area is 180 Å². The maximum Gasteiger partial charge on any atom is 0.274 e. The number of rotatable bonds is 6. The van der Waals surface area contributed by atoms with Gasteiger partial charge in [0.1, 0.15) is 19.0 Å². The van der Waals surface area contributed by atoms with Crippen molar-refractivity contribution in [2.75, 3.05) is 30.1 Å². The second-order valence-corrected chi connectivity index (χ2v) is 10.5. The Kier molecular flexibility index (Phi) is 6.12. The maximum atomic E-state index is 12.1. The number of hydrogen-bond acceptors (Lipinski definition) is 6. The van der Waals surface area contributed by atoms with E-state index in [1.165, 1.54) is 18.9 Å². The van der Waals surface area contributed by atoms with Crippen LogP contribution in [0.2, 0.25) is 0 Å². The summed E-state index contributed by atoms with van der Waals surface area (Å²) >= 11 is 1.34. The molecule has 2 aliphatic rings. The van der Waals surface area contributed by atoms with Gasteiger partial charge in [-0.15, -0.1) is 0 Å². The first-order chi connectivity index (χ1) is 14.4. The van der Waals surface area contributed by atoms with Gasteiger partial charge in [0.25, 0.3) is 5.91 Å². The molecule has 0 saturated carbocycles. The van der Waals surface area contributed by atoms with E-state index in [2.05, 4.69) is 4.99 Å². The minimum atomic E-state index is -3.11. The molecular weight excluding hydrogens is 424 g/mol. The molecule has 0 unspecified atom stereocenters. The van der Waals surface area contributed by atoms with Crippen LogP contribution in [0.5, 0.6) is 5.75 Å². The standard InChI is InChI=1S/C21H22N2O5S2/c1-27-12-20(24)22-21-23(18-13-30(25,26)14-19(18)29-21)16-7-9-17(10-8-16)28-11-15-5-3-2-4-6-15/h2-10,18-19H,11-14H2,1H3/t18-,19+/m1/s1. The third-order valence-corrected chi connectivity index (χ3v) is 8.13. The number of ether oxygens (including phenoxy) is 2. The number of methoxy groups -OCH3 is 1. The average molecular weight is 447 g/mol. The Balaban J connectivity index is 1.54. The SMILES string of the molecule is COCC(=O)N=C1S[C@H]2CS(=O)(=O)C[C@H]2N1c1ccc(OCc2ccccc2)cc1. The molecule has 2 saturated heterocycles. The Bertz CT molecular complexity index is 1040. The third kappa shape index (κ3) is 4.69. The number of fused-ring (bicyclic) bond motifs is 1. The van der Waals surface area contributed by atoms with Gasteiger partial charge in [-0.25, -0.2) is 8.42 Å². The highest BCUT2D eigenvalue weighted by molar-refractivity contribution is 8.16. The van der Waals surface area contributed by atoms with Gasteiger partial charge in [-0.2, -0.15) is 4.99 Å². The fourth-order valence-electron chi connectivity index (χ4n) is 3.57. The monoisotopic (exact) mass is 446 g/mol. The van der Waals surface area contributed by atoms with Crippen LogP contribution in [0.1, 0.15) is 5.56 Å². The second-order valence-electron chi connectivity index (χ2n) is 7.16. The van der Waals surface area contributed by atoms with Gasteiger partial charge in [0, 0.05) is 18.0 Å². The summed E-state index contributed by atoms with van der Waals surface area (Å²) in [5, 5.41) is 0.373. The van der Waals surface area contributed by atoms with Crippen LogP contribution in [0.3, 0.4) is 0 Å². The van der Waals surface area contributed by atoms with Gasteiger partial charge in [0.2, 0.25) is 0 Å². The van der Waals surface area contributed by atoms with Gasteiger partial charge < -0.3 is 14.4 Å². The lowest BCUT2D eigenvalue weighted by molar-refractivity contribution is -0.121. The van der Waals surface area contributed by atoms with E-state index in [0.717, 1.165) is 11.3 Å². The van der Waals surface area contributed by atoms with Gasteiger partial charge in [0.05, 0.1) is 17.5 Å². The van der Waals surface area contributed by atoms with E-state index in [1.807, 2.05) is 59.5 Å².